The maximum Gasteiger partial charge on any atom is 0.324 e. The van der Waals surface area contributed by atoms with Gasteiger partial charge in [-0.15, -0.1) is 0 Å². The molecule has 0 saturated heterocycles. The highest BCUT2D eigenvalue weighted by Gasteiger charge is 2.43. The number of allylic oxidation sites excluding steroid dienone is 1. The Kier molecular flexibility index (Phi) is 5.49. The van der Waals surface area contributed by atoms with Crippen LogP contribution in [-0.2, 0) is 19.6 Å². The summed E-state index contributed by atoms with van der Waals surface area (Å²) in [7, 11) is -3.94. The first-order valence-corrected chi connectivity index (χ1v) is 9.59. The van der Waals surface area contributed by atoms with Gasteiger partial charge in [0.1, 0.15) is 5.54 Å². The number of carbonyl (C=O) groups excluding carboxylic acids is 1. The lowest BCUT2D eigenvalue weighted by molar-refractivity contribution is -0.145. The third-order valence-electron chi connectivity index (χ3n) is 4.59. The molecule has 0 bridgehead atoms. The Balaban J connectivity index is 2.20. The number of sulfonamides is 1. The molecule has 0 aromatic rings. The zero-order chi connectivity index (χ0) is 18.0. The third-order valence-corrected chi connectivity index (χ3v) is 6.14. The Labute approximate surface area is 142 Å². The van der Waals surface area contributed by atoms with Gasteiger partial charge < -0.3 is 10.4 Å². The van der Waals surface area contributed by atoms with E-state index in [1.165, 1.54) is 13.0 Å². The molecule has 2 aliphatic carbocycles. The van der Waals surface area contributed by atoms with Crippen LogP contribution in [-0.4, -0.2) is 37.0 Å². The average Bonchev–Trinajstić information content (AvgIpc) is 2.49. The van der Waals surface area contributed by atoms with E-state index in [1.54, 1.807) is 19.1 Å². The fourth-order valence-electron chi connectivity index (χ4n) is 3.22. The minimum atomic E-state index is -3.94. The number of aliphatic carboxylic acids is 1. The van der Waals surface area contributed by atoms with Gasteiger partial charge in [0.2, 0.25) is 15.9 Å². The molecule has 0 radical (unpaired) electrons. The van der Waals surface area contributed by atoms with Crippen molar-refractivity contribution in [2.24, 2.45) is 5.92 Å². The Morgan fingerprint density at radius 3 is 2.38 bits per heavy atom. The van der Waals surface area contributed by atoms with Crippen molar-refractivity contribution in [3.05, 3.63) is 23.1 Å². The minimum absolute atomic E-state index is 0.0443. The highest BCUT2D eigenvalue weighted by molar-refractivity contribution is 7.93. The summed E-state index contributed by atoms with van der Waals surface area (Å²) >= 11 is 0. The summed E-state index contributed by atoms with van der Waals surface area (Å²) in [4.78, 5) is 22.9. The van der Waals surface area contributed by atoms with Crippen LogP contribution in [0.15, 0.2) is 23.1 Å². The third kappa shape index (κ3) is 4.05. The first-order valence-electron chi connectivity index (χ1n) is 8.11. The number of amides is 1. The summed E-state index contributed by atoms with van der Waals surface area (Å²) in [5.74, 6) is -1.53. The SMILES string of the molecule is CC(=O)NC1C=CC(S(=O)(=O)NC2(C(=O)O)CCCCC2)=CC1C. The van der Waals surface area contributed by atoms with Gasteiger partial charge >= 0.3 is 5.97 Å². The van der Waals surface area contributed by atoms with Crippen LogP contribution in [0.4, 0.5) is 0 Å². The van der Waals surface area contributed by atoms with Crippen molar-refractivity contribution in [2.75, 3.05) is 0 Å². The van der Waals surface area contributed by atoms with E-state index in [0.717, 1.165) is 6.42 Å². The van der Waals surface area contributed by atoms with Crippen molar-refractivity contribution in [3.8, 4) is 0 Å². The summed E-state index contributed by atoms with van der Waals surface area (Å²) in [6.45, 7) is 3.20. The number of hydrogen-bond acceptors (Lipinski definition) is 4. The summed E-state index contributed by atoms with van der Waals surface area (Å²) < 4.78 is 27.7. The second-order valence-corrected chi connectivity index (χ2v) is 8.25. The molecule has 0 heterocycles. The van der Waals surface area contributed by atoms with Crippen molar-refractivity contribution >= 4 is 21.9 Å². The average molecular weight is 356 g/mol. The van der Waals surface area contributed by atoms with Crippen LogP contribution < -0.4 is 10.0 Å². The van der Waals surface area contributed by atoms with Gasteiger partial charge in [-0.2, -0.15) is 4.72 Å². The van der Waals surface area contributed by atoms with Gasteiger partial charge in [-0.25, -0.2) is 8.42 Å². The lowest BCUT2D eigenvalue weighted by atomic mass is 9.83. The summed E-state index contributed by atoms with van der Waals surface area (Å²) in [5, 5.41) is 12.3. The van der Waals surface area contributed by atoms with E-state index in [4.69, 9.17) is 0 Å². The fraction of sp³-hybridized carbons (Fsp3) is 0.625. The Morgan fingerprint density at radius 2 is 1.88 bits per heavy atom. The molecule has 2 unspecified atom stereocenters. The lowest BCUT2D eigenvalue weighted by Crippen LogP contribution is -2.55. The van der Waals surface area contributed by atoms with Gasteiger partial charge in [0.15, 0.2) is 0 Å². The largest absolute Gasteiger partial charge is 0.480 e. The van der Waals surface area contributed by atoms with Crippen LogP contribution in [0, 0.1) is 5.92 Å². The first-order chi connectivity index (χ1) is 11.2. The molecule has 8 heteroatoms. The standard InChI is InChI=1S/C16H24N2O5S/c1-11-10-13(6-7-14(11)17-12(2)19)24(22,23)18-16(15(20)21)8-4-3-5-9-16/h6-7,10-11,14,18H,3-5,8-9H2,1-2H3,(H,17,19)(H,20,21). The highest BCUT2D eigenvalue weighted by Crippen LogP contribution is 2.31. The molecule has 2 atom stereocenters. The molecule has 0 aromatic carbocycles. The molecule has 1 fully saturated rings. The summed E-state index contributed by atoms with van der Waals surface area (Å²) in [6.07, 6.45) is 7.45. The molecule has 134 valence electrons. The predicted octanol–water partition coefficient (Wildman–Crippen LogP) is 1.29. The smallest absolute Gasteiger partial charge is 0.324 e. The Hall–Kier alpha value is -1.67. The number of carbonyl (C=O) groups is 2. The Morgan fingerprint density at radius 1 is 1.25 bits per heavy atom. The van der Waals surface area contributed by atoms with Gasteiger partial charge in [0.05, 0.1) is 10.9 Å². The molecule has 7 nitrogen and oxygen atoms in total. The van der Waals surface area contributed by atoms with Crippen molar-refractivity contribution in [1.82, 2.24) is 10.0 Å². The fourth-order valence-corrected chi connectivity index (χ4v) is 4.79. The molecule has 0 spiro atoms. The molecular weight excluding hydrogens is 332 g/mol. The second-order valence-electron chi connectivity index (χ2n) is 6.57. The van der Waals surface area contributed by atoms with E-state index in [9.17, 15) is 23.1 Å². The topological polar surface area (TPSA) is 113 Å². The predicted molar refractivity (Wildman–Crippen MR) is 89.5 cm³/mol. The molecule has 0 aliphatic heterocycles. The number of carboxylic acids is 1. The van der Waals surface area contributed by atoms with Crippen molar-refractivity contribution < 1.29 is 23.1 Å². The van der Waals surface area contributed by atoms with Gasteiger partial charge in [-0.05, 0) is 24.8 Å². The van der Waals surface area contributed by atoms with Gasteiger partial charge in [-0.3, -0.25) is 9.59 Å². The zero-order valence-electron chi connectivity index (χ0n) is 13.9. The molecule has 0 aromatic heterocycles. The van der Waals surface area contributed by atoms with Gasteiger partial charge in [0.25, 0.3) is 0 Å². The van der Waals surface area contributed by atoms with Crippen LogP contribution >= 0.6 is 0 Å². The van der Waals surface area contributed by atoms with E-state index in [2.05, 4.69) is 10.0 Å². The lowest BCUT2D eigenvalue weighted by Gasteiger charge is -2.34. The van der Waals surface area contributed by atoms with Gasteiger partial charge in [0, 0.05) is 6.92 Å². The normalized spacial score (nSPS) is 26.5. The molecule has 2 aliphatic rings. The monoisotopic (exact) mass is 356 g/mol. The number of hydrogen-bond donors (Lipinski definition) is 3. The van der Waals surface area contributed by atoms with E-state index in [1.807, 2.05) is 0 Å². The van der Waals surface area contributed by atoms with E-state index in [-0.39, 0.29) is 22.8 Å². The van der Waals surface area contributed by atoms with Crippen molar-refractivity contribution in [1.29, 1.82) is 0 Å². The van der Waals surface area contributed by atoms with E-state index >= 15 is 0 Å². The molecule has 3 N–H and O–H groups in total. The second kappa shape index (κ2) is 7.06. The van der Waals surface area contributed by atoms with Crippen molar-refractivity contribution in [2.45, 2.75) is 57.5 Å². The summed E-state index contributed by atoms with van der Waals surface area (Å²) in [5.41, 5.74) is -1.43. The van der Waals surface area contributed by atoms with Crippen molar-refractivity contribution in [3.63, 3.8) is 0 Å². The molecule has 1 saturated carbocycles. The highest BCUT2D eigenvalue weighted by atomic mass is 32.2. The number of nitrogens with one attached hydrogen (secondary N) is 2. The molecule has 1 amide bonds. The molecule has 2 rings (SSSR count). The maximum absolute atomic E-state index is 12.7. The molecule has 24 heavy (non-hydrogen) atoms. The quantitative estimate of drug-likeness (QED) is 0.687. The summed E-state index contributed by atoms with van der Waals surface area (Å²) in [6, 6.07) is -0.274. The first kappa shape index (κ1) is 18.7. The molecular formula is C16H24N2O5S. The Bertz CT molecular complexity index is 675. The van der Waals surface area contributed by atoms with E-state index < -0.39 is 21.5 Å². The van der Waals surface area contributed by atoms with Crippen LogP contribution in [0.25, 0.3) is 0 Å². The zero-order valence-corrected chi connectivity index (χ0v) is 14.7. The minimum Gasteiger partial charge on any atom is -0.480 e. The maximum atomic E-state index is 12.7. The van der Waals surface area contributed by atoms with E-state index in [0.29, 0.717) is 25.7 Å². The van der Waals surface area contributed by atoms with Crippen LogP contribution in [0.3, 0.4) is 0 Å². The van der Waals surface area contributed by atoms with Gasteiger partial charge in [-0.1, -0.05) is 38.3 Å². The number of carboxylic acid groups (broad SMARTS) is 1. The van der Waals surface area contributed by atoms with Crippen LogP contribution in [0.5, 0.6) is 0 Å². The van der Waals surface area contributed by atoms with Crippen LogP contribution in [0.1, 0.15) is 46.0 Å². The number of rotatable bonds is 5. The van der Waals surface area contributed by atoms with Crippen LogP contribution in [0.2, 0.25) is 0 Å².